The lowest BCUT2D eigenvalue weighted by Gasteiger charge is -2.27. The lowest BCUT2D eigenvalue weighted by Crippen LogP contribution is -2.32. The Labute approximate surface area is 87.2 Å². The molecule has 0 saturated heterocycles. The Balaban J connectivity index is 4.60. The molecule has 0 saturated carbocycles. The lowest BCUT2D eigenvalue weighted by atomic mass is 9.90. The minimum Gasteiger partial charge on any atom is -0.472 e. The van der Waals surface area contributed by atoms with Crippen LogP contribution in [0, 0.1) is 17.3 Å². The summed E-state index contributed by atoms with van der Waals surface area (Å²) in [7, 11) is -0.858. The number of rotatable bonds is 2. The van der Waals surface area contributed by atoms with Crippen molar-refractivity contribution in [1.29, 1.82) is 0 Å². The molecule has 0 bridgehead atoms. The molecule has 4 heteroatoms. The van der Waals surface area contributed by atoms with E-state index < -0.39 is 15.0 Å². The molecule has 0 amide bonds. The minimum absolute atomic E-state index is 0.148. The van der Waals surface area contributed by atoms with E-state index in [1.807, 2.05) is 33.9 Å². The van der Waals surface area contributed by atoms with Crippen LogP contribution in [0.4, 0.5) is 0 Å². The molecule has 0 aliphatic carbocycles. The average molecular weight is 213 g/mol. The first-order valence-electron chi connectivity index (χ1n) is 4.44. The van der Waals surface area contributed by atoms with E-state index in [1.165, 1.54) is 0 Å². The molecule has 1 unspecified atom stereocenters. The topological polar surface area (TPSA) is 46.5 Å². The Morgan fingerprint density at radius 3 is 2.21 bits per heavy atom. The van der Waals surface area contributed by atoms with Crippen molar-refractivity contribution < 1.29 is 14.3 Å². The van der Waals surface area contributed by atoms with Crippen molar-refractivity contribution >= 4 is 15.0 Å². The fraction of sp³-hybridized carbons (Fsp3) is 0.700. The van der Waals surface area contributed by atoms with E-state index in [2.05, 4.69) is 11.8 Å². The van der Waals surface area contributed by atoms with Crippen LogP contribution < -0.4 is 0 Å². The van der Waals surface area contributed by atoms with Gasteiger partial charge < -0.3 is 9.53 Å². The van der Waals surface area contributed by atoms with Gasteiger partial charge in [0.25, 0.3) is 0 Å². The van der Waals surface area contributed by atoms with Crippen LogP contribution >= 0.6 is 0 Å². The van der Waals surface area contributed by atoms with Crippen LogP contribution in [0.1, 0.15) is 20.8 Å². The Morgan fingerprint density at radius 2 is 1.93 bits per heavy atom. The van der Waals surface area contributed by atoms with Crippen molar-refractivity contribution in [2.45, 2.75) is 40.0 Å². The summed E-state index contributed by atoms with van der Waals surface area (Å²) < 4.78 is 5.63. The van der Waals surface area contributed by atoms with E-state index >= 15 is 0 Å². The maximum atomic E-state index is 10.3. The Kier molecular flexibility index (Phi) is 4.88. The van der Waals surface area contributed by atoms with Gasteiger partial charge in [-0.2, -0.15) is 0 Å². The second-order valence-electron chi connectivity index (χ2n) is 4.35. The predicted molar refractivity (Wildman–Crippen MR) is 57.2 cm³/mol. The summed E-state index contributed by atoms with van der Waals surface area (Å²) in [5.41, 5.74) is -0.148. The van der Waals surface area contributed by atoms with E-state index in [-0.39, 0.29) is 11.5 Å². The van der Waals surface area contributed by atoms with Gasteiger partial charge in [-0.05, 0) is 18.5 Å². The molecule has 0 rings (SSSR count). The molecule has 1 atom stereocenters. The van der Waals surface area contributed by atoms with E-state index in [4.69, 9.17) is 9.53 Å². The van der Waals surface area contributed by atoms with E-state index in [1.54, 1.807) is 0 Å². The maximum absolute atomic E-state index is 10.3. The molecule has 0 heterocycles. The lowest BCUT2D eigenvalue weighted by molar-refractivity contribution is -0.130. The highest BCUT2D eigenvalue weighted by molar-refractivity contribution is 6.48. The molecule has 1 radical (unpaired) electrons. The summed E-state index contributed by atoms with van der Waals surface area (Å²) in [5, 5.41) is 8.44. The summed E-state index contributed by atoms with van der Waals surface area (Å²) in [5.74, 6) is 3.65. The van der Waals surface area contributed by atoms with Gasteiger partial charge in [0.15, 0.2) is 0 Å². The van der Waals surface area contributed by atoms with Crippen molar-refractivity contribution in [3.63, 3.8) is 0 Å². The molecular formula is C10H17O3Si. The molecule has 0 spiro atoms. The van der Waals surface area contributed by atoms with Crippen molar-refractivity contribution in [2.75, 3.05) is 0 Å². The zero-order chi connectivity index (χ0) is 11.4. The number of carboxylic acids is 1. The number of carbonyl (C=O) groups is 1. The summed E-state index contributed by atoms with van der Waals surface area (Å²) in [4.78, 5) is 10.3. The van der Waals surface area contributed by atoms with E-state index in [0.717, 1.165) is 0 Å². The van der Waals surface area contributed by atoms with Gasteiger partial charge in [0.1, 0.15) is 6.10 Å². The van der Waals surface area contributed by atoms with Gasteiger partial charge in [-0.1, -0.05) is 26.7 Å². The number of hydrogen-bond acceptors (Lipinski definition) is 2. The smallest absolute Gasteiger partial charge is 0.381 e. The fourth-order valence-electron chi connectivity index (χ4n) is 0.786. The first-order chi connectivity index (χ1) is 6.23. The highest BCUT2D eigenvalue weighted by Crippen LogP contribution is 2.22. The van der Waals surface area contributed by atoms with Gasteiger partial charge in [-0.25, -0.2) is 4.79 Å². The van der Waals surface area contributed by atoms with Crippen molar-refractivity contribution in [3.8, 4) is 11.8 Å². The first-order valence-corrected chi connectivity index (χ1v) is 6.85. The molecule has 79 valence electrons. The quantitative estimate of drug-likeness (QED) is 0.561. The summed E-state index contributed by atoms with van der Waals surface area (Å²) in [6.45, 7) is 9.97. The van der Waals surface area contributed by atoms with Crippen molar-refractivity contribution in [2.24, 2.45) is 5.41 Å². The molecule has 0 aliphatic rings. The van der Waals surface area contributed by atoms with E-state index in [0.29, 0.717) is 0 Å². The monoisotopic (exact) mass is 213 g/mol. The van der Waals surface area contributed by atoms with Gasteiger partial charge >= 0.3 is 5.97 Å². The van der Waals surface area contributed by atoms with Crippen LogP contribution in [0.2, 0.25) is 13.1 Å². The molecule has 0 fully saturated rings. The molecule has 0 aromatic rings. The molecule has 0 aliphatic heterocycles. The SMILES string of the molecule is C[Si](C)OC(C#CC(=O)O)C(C)(C)C. The van der Waals surface area contributed by atoms with Gasteiger partial charge in [-0.15, -0.1) is 0 Å². The highest BCUT2D eigenvalue weighted by atomic mass is 28.3. The minimum atomic E-state index is -1.11. The Bertz CT molecular complexity index is 255. The maximum Gasteiger partial charge on any atom is 0.381 e. The third-order valence-electron chi connectivity index (χ3n) is 1.45. The number of aliphatic carboxylic acids is 1. The highest BCUT2D eigenvalue weighted by Gasteiger charge is 2.24. The van der Waals surface area contributed by atoms with Crippen LogP contribution in [0.15, 0.2) is 0 Å². The average Bonchev–Trinajstić information content (AvgIpc) is 1.94. The van der Waals surface area contributed by atoms with Gasteiger partial charge in [0.05, 0.1) is 0 Å². The zero-order valence-corrected chi connectivity index (χ0v) is 10.3. The van der Waals surface area contributed by atoms with Crippen LogP contribution in [-0.4, -0.2) is 26.2 Å². The Hall–Kier alpha value is -0.793. The standard InChI is InChI=1S/C10H17O3Si/c1-10(2,3)8(13-14(4)5)6-7-9(11)12/h8H,1-5H3,(H,11,12). The summed E-state index contributed by atoms with van der Waals surface area (Å²) in [6, 6.07) is 0. The van der Waals surface area contributed by atoms with Gasteiger partial charge in [0.2, 0.25) is 9.04 Å². The van der Waals surface area contributed by atoms with Crippen LogP contribution in [0.5, 0.6) is 0 Å². The predicted octanol–water partition coefficient (Wildman–Crippen LogP) is 1.76. The molecule has 1 N–H and O–H groups in total. The van der Waals surface area contributed by atoms with Crippen LogP contribution in [0.25, 0.3) is 0 Å². The Morgan fingerprint density at radius 1 is 1.43 bits per heavy atom. The molecule has 0 aromatic carbocycles. The first kappa shape index (κ1) is 13.2. The van der Waals surface area contributed by atoms with Crippen LogP contribution in [0.3, 0.4) is 0 Å². The van der Waals surface area contributed by atoms with Crippen LogP contribution in [-0.2, 0) is 9.22 Å². The number of hydrogen-bond donors (Lipinski definition) is 1. The molecular weight excluding hydrogens is 196 g/mol. The second kappa shape index (κ2) is 5.18. The summed E-state index contributed by atoms with van der Waals surface area (Å²) in [6.07, 6.45) is -0.303. The third-order valence-corrected chi connectivity index (χ3v) is 2.16. The number of carboxylic acid groups (broad SMARTS) is 1. The van der Waals surface area contributed by atoms with E-state index in [9.17, 15) is 4.79 Å². The third kappa shape index (κ3) is 5.78. The summed E-state index contributed by atoms with van der Waals surface area (Å²) >= 11 is 0. The largest absolute Gasteiger partial charge is 0.472 e. The zero-order valence-electron chi connectivity index (χ0n) is 9.34. The van der Waals surface area contributed by atoms with Crippen molar-refractivity contribution in [3.05, 3.63) is 0 Å². The molecule has 0 aromatic heterocycles. The molecule has 14 heavy (non-hydrogen) atoms. The van der Waals surface area contributed by atoms with Gasteiger partial charge in [0, 0.05) is 5.92 Å². The fourth-order valence-corrected chi connectivity index (χ4v) is 1.67. The van der Waals surface area contributed by atoms with Crippen molar-refractivity contribution in [1.82, 2.24) is 0 Å². The molecule has 3 nitrogen and oxygen atoms in total. The van der Waals surface area contributed by atoms with Gasteiger partial charge in [-0.3, -0.25) is 0 Å². The normalized spacial score (nSPS) is 13.3. The second-order valence-corrected chi connectivity index (χ2v) is 6.40.